The molecule has 0 unspecified atom stereocenters. The summed E-state index contributed by atoms with van der Waals surface area (Å²) in [5, 5.41) is 5.92. The minimum absolute atomic E-state index is 0.203. The Labute approximate surface area is 156 Å². The van der Waals surface area contributed by atoms with Crippen LogP contribution in [0.25, 0.3) is 0 Å². The van der Waals surface area contributed by atoms with E-state index in [2.05, 4.69) is 10.6 Å². The van der Waals surface area contributed by atoms with Crippen molar-refractivity contribution in [1.82, 2.24) is 5.32 Å². The number of rotatable bonds is 6. The summed E-state index contributed by atoms with van der Waals surface area (Å²) in [4.78, 5) is 34.9. The summed E-state index contributed by atoms with van der Waals surface area (Å²) in [6.07, 6.45) is 0. The summed E-state index contributed by atoms with van der Waals surface area (Å²) in [6, 6.07) is 13.1. The molecule has 26 heavy (non-hydrogen) atoms. The van der Waals surface area contributed by atoms with Gasteiger partial charge in [-0.15, -0.1) is 0 Å². The van der Waals surface area contributed by atoms with Gasteiger partial charge in [-0.05, 0) is 48.9 Å². The fourth-order valence-electron chi connectivity index (χ4n) is 2.25. The van der Waals surface area contributed by atoms with Gasteiger partial charge in [0.05, 0.1) is 11.6 Å². The number of nitrogens with one attached hydrogen (secondary N) is 2. The first-order valence-electron chi connectivity index (χ1n) is 7.95. The van der Waals surface area contributed by atoms with Gasteiger partial charge in [-0.25, -0.2) is 4.79 Å². The van der Waals surface area contributed by atoms with Gasteiger partial charge in [-0.3, -0.25) is 9.59 Å². The Balaban J connectivity index is 1.84. The third kappa shape index (κ3) is 5.89. The normalized spacial score (nSPS) is 11.3. The van der Waals surface area contributed by atoms with Gasteiger partial charge >= 0.3 is 5.97 Å². The van der Waals surface area contributed by atoms with Crippen molar-refractivity contribution >= 4 is 35.1 Å². The summed E-state index contributed by atoms with van der Waals surface area (Å²) in [5.74, 6) is -1.24. The molecule has 0 fully saturated rings. The molecule has 2 aromatic rings. The topological polar surface area (TPSA) is 84.5 Å². The molecule has 7 heteroatoms. The lowest BCUT2D eigenvalue weighted by Crippen LogP contribution is -2.31. The van der Waals surface area contributed by atoms with Crippen LogP contribution in [0.15, 0.2) is 48.5 Å². The van der Waals surface area contributed by atoms with E-state index in [1.807, 2.05) is 13.0 Å². The van der Waals surface area contributed by atoms with E-state index in [0.29, 0.717) is 10.7 Å². The van der Waals surface area contributed by atoms with Crippen molar-refractivity contribution < 1.29 is 19.1 Å². The Kier molecular flexibility index (Phi) is 6.74. The Morgan fingerprint density at radius 2 is 1.81 bits per heavy atom. The van der Waals surface area contributed by atoms with Gasteiger partial charge in [0.25, 0.3) is 5.91 Å². The first-order chi connectivity index (χ1) is 12.3. The highest BCUT2D eigenvalue weighted by atomic mass is 35.5. The number of hydrogen-bond donors (Lipinski definition) is 2. The molecule has 0 spiro atoms. The van der Waals surface area contributed by atoms with Gasteiger partial charge in [0, 0.05) is 17.6 Å². The maximum absolute atomic E-state index is 12.0. The quantitative estimate of drug-likeness (QED) is 0.759. The van der Waals surface area contributed by atoms with Gasteiger partial charge < -0.3 is 15.4 Å². The van der Waals surface area contributed by atoms with Crippen LogP contribution in [0.3, 0.4) is 0 Å². The molecule has 2 aromatic carbocycles. The van der Waals surface area contributed by atoms with Crippen LogP contribution in [0.5, 0.6) is 0 Å². The predicted molar refractivity (Wildman–Crippen MR) is 99.0 cm³/mol. The molecule has 0 saturated heterocycles. The molecule has 0 saturated carbocycles. The van der Waals surface area contributed by atoms with E-state index in [-0.39, 0.29) is 17.5 Å². The zero-order valence-corrected chi connectivity index (χ0v) is 15.2. The highest BCUT2D eigenvalue weighted by molar-refractivity contribution is 6.30. The third-order valence-corrected chi connectivity index (χ3v) is 3.74. The molecule has 0 aliphatic heterocycles. The van der Waals surface area contributed by atoms with E-state index in [9.17, 15) is 14.4 Å². The summed E-state index contributed by atoms with van der Waals surface area (Å²) in [7, 11) is 0. The number of hydrogen-bond acceptors (Lipinski definition) is 4. The second-order valence-electron chi connectivity index (χ2n) is 5.68. The molecule has 2 rings (SSSR count). The fraction of sp³-hybridized carbons (Fsp3) is 0.211. The summed E-state index contributed by atoms with van der Waals surface area (Å²) in [5.41, 5.74) is 1.71. The third-order valence-electron chi connectivity index (χ3n) is 3.50. The molecule has 6 nitrogen and oxygen atoms in total. The van der Waals surface area contributed by atoms with Crippen molar-refractivity contribution in [2.24, 2.45) is 0 Å². The van der Waals surface area contributed by atoms with Crippen LogP contribution < -0.4 is 10.6 Å². The van der Waals surface area contributed by atoms with E-state index >= 15 is 0 Å². The lowest BCUT2D eigenvalue weighted by atomic mass is 10.1. The molecule has 2 amide bonds. The number of amides is 2. The molecule has 1 atom stereocenters. The number of benzene rings is 2. The average molecular weight is 375 g/mol. The van der Waals surface area contributed by atoms with Crippen molar-refractivity contribution in [3.63, 3.8) is 0 Å². The Morgan fingerprint density at radius 3 is 2.42 bits per heavy atom. The van der Waals surface area contributed by atoms with E-state index < -0.39 is 18.5 Å². The largest absolute Gasteiger partial charge is 0.452 e. The molecule has 0 aliphatic carbocycles. The molecule has 0 aliphatic rings. The zero-order valence-electron chi connectivity index (χ0n) is 14.4. The molecular formula is C19H19ClN2O4. The van der Waals surface area contributed by atoms with E-state index in [1.165, 1.54) is 19.1 Å². The molecule has 0 bridgehead atoms. The van der Waals surface area contributed by atoms with Crippen molar-refractivity contribution in [3.05, 3.63) is 64.7 Å². The minimum atomic E-state index is -0.620. The zero-order chi connectivity index (χ0) is 19.1. The van der Waals surface area contributed by atoms with Gasteiger partial charge in [-0.1, -0.05) is 23.7 Å². The number of esters is 1. The number of carbonyl (C=O) groups is 3. The smallest absolute Gasteiger partial charge is 0.338 e. The minimum Gasteiger partial charge on any atom is -0.452 e. The first-order valence-corrected chi connectivity index (χ1v) is 8.32. The lowest BCUT2D eigenvalue weighted by Gasteiger charge is -2.14. The second-order valence-corrected chi connectivity index (χ2v) is 6.12. The average Bonchev–Trinajstić information content (AvgIpc) is 2.59. The number of carbonyl (C=O) groups excluding carboxylic acids is 3. The van der Waals surface area contributed by atoms with Crippen LogP contribution in [-0.2, 0) is 14.3 Å². The fourth-order valence-corrected chi connectivity index (χ4v) is 2.45. The van der Waals surface area contributed by atoms with E-state index in [0.717, 1.165) is 5.56 Å². The maximum Gasteiger partial charge on any atom is 0.338 e. The molecular weight excluding hydrogens is 356 g/mol. The van der Waals surface area contributed by atoms with Gasteiger partial charge in [-0.2, -0.15) is 0 Å². The van der Waals surface area contributed by atoms with Crippen LogP contribution in [0.4, 0.5) is 5.69 Å². The van der Waals surface area contributed by atoms with Crippen LogP contribution in [-0.4, -0.2) is 24.4 Å². The van der Waals surface area contributed by atoms with Gasteiger partial charge in [0.2, 0.25) is 5.91 Å². The van der Waals surface area contributed by atoms with Crippen molar-refractivity contribution in [2.75, 3.05) is 11.9 Å². The van der Waals surface area contributed by atoms with Crippen molar-refractivity contribution in [1.29, 1.82) is 0 Å². The SMILES string of the molecule is CC(=O)Nc1ccc(C(=O)OCC(=O)N[C@H](C)c2cccc(Cl)c2)cc1. The molecule has 136 valence electrons. The van der Waals surface area contributed by atoms with Crippen molar-refractivity contribution in [2.45, 2.75) is 19.9 Å². The maximum atomic E-state index is 12.0. The van der Waals surface area contributed by atoms with Crippen LogP contribution in [0, 0.1) is 0 Å². The Hall–Kier alpha value is -2.86. The molecule has 2 N–H and O–H groups in total. The first kappa shape index (κ1) is 19.5. The van der Waals surface area contributed by atoms with E-state index in [4.69, 9.17) is 16.3 Å². The summed E-state index contributed by atoms with van der Waals surface area (Å²) < 4.78 is 5.01. The highest BCUT2D eigenvalue weighted by Gasteiger charge is 2.13. The van der Waals surface area contributed by atoms with E-state index in [1.54, 1.807) is 30.3 Å². The van der Waals surface area contributed by atoms with Crippen LogP contribution in [0.2, 0.25) is 5.02 Å². The van der Waals surface area contributed by atoms with Crippen molar-refractivity contribution in [3.8, 4) is 0 Å². The summed E-state index contributed by atoms with van der Waals surface area (Å²) in [6.45, 7) is 2.81. The predicted octanol–water partition coefficient (Wildman–Crippen LogP) is 3.33. The molecule has 0 heterocycles. The standard InChI is InChI=1S/C19H19ClN2O4/c1-12(15-4-3-5-16(20)10-15)21-18(24)11-26-19(25)14-6-8-17(9-7-14)22-13(2)23/h3-10,12H,11H2,1-2H3,(H,21,24)(H,22,23)/t12-/m1/s1. The lowest BCUT2D eigenvalue weighted by molar-refractivity contribution is -0.124. The molecule has 0 aromatic heterocycles. The van der Waals surface area contributed by atoms with Gasteiger partial charge in [0.1, 0.15) is 0 Å². The number of anilines is 1. The Bertz CT molecular complexity index is 805. The highest BCUT2D eigenvalue weighted by Crippen LogP contribution is 2.17. The Morgan fingerprint density at radius 1 is 1.12 bits per heavy atom. The number of halogens is 1. The summed E-state index contributed by atoms with van der Waals surface area (Å²) >= 11 is 5.93. The van der Waals surface area contributed by atoms with Crippen LogP contribution in [0.1, 0.15) is 35.8 Å². The number of ether oxygens (including phenoxy) is 1. The second kappa shape index (κ2) is 9.01. The van der Waals surface area contributed by atoms with Gasteiger partial charge in [0.15, 0.2) is 6.61 Å². The molecule has 0 radical (unpaired) electrons. The monoisotopic (exact) mass is 374 g/mol. The van der Waals surface area contributed by atoms with Crippen LogP contribution >= 0.6 is 11.6 Å².